The number of benzene rings is 3. The SMILES string of the molecule is Cc1ccc(SCCC(=O)N(Cc2ccc(Cl)cc2Cl)C(Cc2ccccc2)C(=O)NCC(C)C)cc1. The van der Waals surface area contributed by atoms with Crippen molar-refractivity contribution in [2.24, 2.45) is 5.92 Å². The summed E-state index contributed by atoms with van der Waals surface area (Å²) in [7, 11) is 0. The minimum absolute atomic E-state index is 0.0914. The molecule has 1 atom stereocenters. The molecule has 1 unspecified atom stereocenters. The number of rotatable bonds is 12. The maximum Gasteiger partial charge on any atom is 0.243 e. The van der Waals surface area contributed by atoms with Crippen LogP contribution >= 0.6 is 35.0 Å². The van der Waals surface area contributed by atoms with E-state index in [1.165, 1.54) is 5.56 Å². The first-order valence-electron chi connectivity index (χ1n) is 12.5. The van der Waals surface area contributed by atoms with Gasteiger partial charge in [-0.3, -0.25) is 9.59 Å². The summed E-state index contributed by atoms with van der Waals surface area (Å²) in [6, 6.07) is 22.6. The molecule has 37 heavy (non-hydrogen) atoms. The van der Waals surface area contributed by atoms with E-state index in [9.17, 15) is 9.59 Å². The Morgan fingerprint density at radius 3 is 2.32 bits per heavy atom. The van der Waals surface area contributed by atoms with E-state index < -0.39 is 6.04 Å². The van der Waals surface area contributed by atoms with Crippen molar-refractivity contribution in [2.45, 2.75) is 51.1 Å². The highest BCUT2D eigenvalue weighted by Crippen LogP contribution is 2.25. The van der Waals surface area contributed by atoms with Crippen molar-refractivity contribution >= 4 is 46.8 Å². The summed E-state index contributed by atoms with van der Waals surface area (Å²) in [6.45, 7) is 6.90. The molecule has 1 N–H and O–H groups in total. The van der Waals surface area contributed by atoms with Gasteiger partial charge in [0.05, 0.1) is 0 Å². The molecule has 0 heterocycles. The van der Waals surface area contributed by atoms with Crippen LogP contribution in [0.25, 0.3) is 0 Å². The Morgan fingerprint density at radius 1 is 0.973 bits per heavy atom. The van der Waals surface area contributed by atoms with Crippen molar-refractivity contribution in [2.75, 3.05) is 12.3 Å². The largest absolute Gasteiger partial charge is 0.354 e. The first-order chi connectivity index (χ1) is 17.7. The minimum Gasteiger partial charge on any atom is -0.354 e. The summed E-state index contributed by atoms with van der Waals surface area (Å²) >= 11 is 14.2. The van der Waals surface area contributed by atoms with Crippen LogP contribution in [0.15, 0.2) is 77.7 Å². The molecule has 0 aliphatic carbocycles. The second kappa shape index (κ2) is 14.5. The van der Waals surface area contributed by atoms with E-state index in [-0.39, 0.29) is 18.4 Å². The Morgan fingerprint density at radius 2 is 1.68 bits per heavy atom. The lowest BCUT2D eigenvalue weighted by Gasteiger charge is -2.32. The van der Waals surface area contributed by atoms with Crippen LogP contribution < -0.4 is 5.32 Å². The molecule has 0 bridgehead atoms. The third kappa shape index (κ3) is 9.41. The summed E-state index contributed by atoms with van der Waals surface area (Å²) in [4.78, 5) is 30.0. The number of halogens is 2. The number of hydrogen-bond acceptors (Lipinski definition) is 3. The van der Waals surface area contributed by atoms with Crippen LogP contribution in [0.5, 0.6) is 0 Å². The maximum atomic E-state index is 13.7. The van der Waals surface area contributed by atoms with Gasteiger partial charge in [0.15, 0.2) is 0 Å². The molecule has 2 amide bonds. The Labute approximate surface area is 234 Å². The van der Waals surface area contributed by atoms with E-state index in [4.69, 9.17) is 23.2 Å². The van der Waals surface area contributed by atoms with Gasteiger partial charge in [-0.25, -0.2) is 0 Å². The van der Waals surface area contributed by atoms with Gasteiger partial charge in [0, 0.05) is 46.6 Å². The highest BCUT2D eigenvalue weighted by atomic mass is 35.5. The molecule has 0 fully saturated rings. The molecule has 0 radical (unpaired) electrons. The molecule has 0 aliphatic rings. The molecule has 0 spiro atoms. The van der Waals surface area contributed by atoms with E-state index in [1.807, 2.05) is 50.2 Å². The number of amides is 2. The van der Waals surface area contributed by atoms with Gasteiger partial charge < -0.3 is 10.2 Å². The minimum atomic E-state index is -0.676. The predicted molar refractivity (Wildman–Crippen MR) is 155 cm³/mol. The molecular formula is C30H34Cl2N2O2S. The number of thioether (sulfide) groups is 1. The van der Waals surface area contributed by atoms with Crippen molar-refractivity contribution in [1.29, 1.82) is 0 Å². The van der Waals surface area contributed by atoms with Gasteiger partial charge >= 0.3 is 0 Å². The van der Waals surface area contributed by atoms with Gasteiger partial charge in [0.1, 0.15) is 6.04 Å². The van der Waals surface area contributed by atoms with Crippen LogP contribution in [-0.2, 0) is 22.6 Å². The molecule has 0 saturated heterocycles. The fourth-order valence-corrected chi connectivity index (χ4v) is 5.15. The molecule has 3 aromatic carbocycles. The van der Waals surface area contributed by atoms with Gasteiger partial charge in [-0.1, -0.05) is 91.1 Å². The Hall–Kier alpha value is -2.47. The summed E-state index contributed by atoms with van der Waals surface area (Å²) in [5.41, 5.74) is 2.93. The van der Waals surface area contributed by atoms with Gasteiger partial charge in [-0.15, -0.1) is 11.8 Å². The maximum absolute atomic E-state index is 13.7. The molecule has 0 aromatic heterocycles. The molecule has 0 saturated carbocycles. The lowest BCUT2D eigenvalue weighted by atomic mass is 10.0. The van der Waals surface area contributed by atoms with Gasteiger partial charge in [0.25, 0.3) is 0 Å². The zero-order chi connectivity index (χ0) is 26.8. The van der Waals surface area contributed by atoms with Gasteiger partial charge in [-0.2, -0.15) is 0 Å². The van der Waals surface area contributed by atoms with Crippen molar-refractivity contribution in [1.82, 2.24) is 10.2 Å². The molecule has 3 aromatic rings. The van der Waals surface area contributed by atoms with Gasteiger partial charge in [-0.05, 0) is 48.2 Å². The Kier molecular flexibility index (Phi) is 11.4. The van der Waals surface area contributed by atoms with E-state index >= 15 is 0 Å². The van der Waals surface area contributed by atoms with E-state index in [1.54, 1.807) is 28.8 Å². The van der Waals surface area contributed by atoms with Gasteiger partial charge in [0.2, 0.25) is 11.8 Å². The third-order valence-electron chi connectivity index (χ3n) is 5.92. The van der Waals surface area contributed by atoms with Crippen molar-refractivity contribution in [3.63, 3.8) is 0 Å². The normalized spacial score (nSPS) is 11.8. The average Bonchev–Trinajstić information content (AvgIpc) is 2.87. The summed E-state index contributed by atoms with van der Waals surface area (Å²) < 4.78 is 0. The first-order valence-corrected chi connectivity index (χ1v) is 14.2. The number of nitrogens with one attached hydrogen (secondary N) is 1. The smallest absolute Gasteiger partial charge is 0.243 e. The number of aryl methyl sites for hydroxylation is 1. The Bertz CT molecular complexity index is 1170. The van der Waals surface area contributed by atoms with Crippen LogP contribution in [0.1, 0.15) is 37.0 Å². The average molecular weight is 558 g/mol. The van der Waals surface area contributed by atoms with Crippen LogP contribution in [0.3, 0.4) is 0 Å². The molecular weight excluding hydrogens is 523 g/mol. The number of nitrogens with zero attached hydrogens (tertiary/aromatic N) is 1. The Balaban J connectivity index is 1.86. The van der Waals surface area contributed by atoms with Crippen molar-refractivity contribution < 1.29 is 9.59 Å². The quantitative estimate of drug-likeness (QED) is 0.240. The molecule has 196 valence electrons. The van der Waals surface area contributed by atoms with Crippen molar-refractivity contribution in [3.05, 3.63) is 99.5 Å². The third-order valence-corrected chi connectivity index (χ3v) is 7.52. The highest BCUT2D eigenvalue weighted by molar-refractivity contribution is 7.99. The topological polar surface area (TPSA) is 49.4 Å². The highest BCUT2D eigenvalue weighted by Gasteiger charge is 2.30. The lowest BCUT2D eigenvalue weighted by Crippen LogP contribution is -2.51. The molecule has 3 rings (SSSR count). The molecule has 7 heteroatoms. The van der Waals surface area contributed by atoms with E-state index in [0.717, 1.165) is 16.0 Å². The predicted octanol–water partition coefficient (Wildman–Crippen LogP) is 7.20. The van der Waals surface area contributed by atoms with Crippen LogP contribution in [0.2, 0.25) is 10.0 Å². The van der Waals surface area contributed by atoms with E-state index in [0.29, 0.717) is 41.1 Å². The zero-order valence-corrected chi connectivity index (χ0v) is 23.9. The fraction of sp³-hybridized carbons (Fsp3) is 0.333. The van der Waals surface area contributed by atoms with Crippen molar-refractivity contribution in [3.8, 4) is 0 Å². The standard InChI is InChI=1S/C30H34Cl2N2O2S/c1-21(2)19-33-30(36)28(17-23-7-5-4-6-8-23)34(20-24-11-12-25(31)18-27(24)32)29(35)15-16-37-26-13-9-22(3)10-14-26/h4-14,18,21,28H,15-17,19-20H2,1-3H3,(H,33,36). The van der Waals surface area contributed by atoms with Crippen LogP contribution in [0, 0.1) is 12.8 Å². The second-order valence-electron chi connectivity index (χ2n) is 9.51. The molecule has 4 nitrogen and oxygen atoms in total. The number of carbonyl (C=O) groups excluding carboxylic acids is 2. The second-order valence-corrected chi connectivity index (χ2v) is 11.5. The van der Waals surface area contributed by atoms with Crippen LogP contribution in [0.4, 0.5) is 0 Å². The zero-order valence-electron chi connectivity index (χ0n) is 21.5. The first kappa shape index (κ1) is 29.1. The van der Waals surface area contributed by atoms with E-state index in [2.05, 4.69) is 36.5 Å². The fourth-order valence-electron chi connectivity index (χ4n) is 3.84. The lowest BCUT2D eigenvalue weighted by molar-refractivity contribution is -0.141. The van der Waals surface area contributed by atoms with Crippen LogP contribution in [-0.4, -0.2) is 35.1 Å². The monoisotopic (exact) mass is 556 g/mol. The summed E-state index contributed by atoms with van der Waals surface area (Å²) in [6.07, 6.45) is 0.708. The number of carbonyl (C=O) groups is 2. The summed E-state index contributed by atoms with van der Waals surface area (Å²) in [5, 5.41) is 4.04. The molecule has 0 aliphatic heterocycles. The summed E-state index contributed by atoms with van der Waals surface area (Å²) in [5.74, 6) is 0.647. The number of hydrogen-bond donors (Lipinski definition) is 1.